The lowest BCUT2D eigenvalue weighted by Gasteiger charge is -2.26. The number of likely N-dealkylation sites (tertiary alicyclic amines) is 1. The molecule has 36 heavy (non-hydrogen) atoms. The van der Waals surface area contributed by atoms with Crippen LogP contribution in [-0.4, -0.2) is 43.5 Å². The van der Waals surface area contributed by atoms with Crippen molar-refractivity contribution < 1.29 is 19.0 Å². The predicted molar refractivity (Wildman–Crippen MR) is 142 cm³/mol. The Labute approximate surface area is 213 Å². The molecule has 0 saturated carbocycles. The minimum atomic E-state index is -0.105. The van der Waals surface area contributed by atoms with Gasteiger partial charge in [-0.2, -0.15) is 0 Å². The number of piperidine rings is 1. The highest BCUT2D eigenvalue weighted by Crippen LogP contribution is 2.35. The molecule has 3 aromatic carbocycles. The average Bonchev–Trinajstić information content (AvgIpc) is 3.23. The molecule has 5 nitrogen and oxygen atoms in total. The van der Waals surface area contributed by atoms with Gasteiger partial charge in [-0.15, -0.1) is 0 Å². The van der Waals surface area contributed by atoms with Crippen molar-refractivity contribution in [1.82, 2.24) is 4.90 Å². The first-order valence-corrected chi connectivity index (χ1v) is 12.9. The van der Waals surface area contributed by atoms with E-state index in [0.29, 0.717) is 30.3 Å². The van der Waals surface area contributed by atoms with E-state index in [1.165, 1.54) is 24.8 Å². The minimum absolute atomic E-state index is 0.105. The number of carbonyl (C=O) groups excluding carboxylic acids is 1. The molecule has 0 aliphatic carbocycles. The first-order valence-electron chi connectivity index (χ1n) is 12.9. The second-order valence-corrected chi connectivity index (χ2v) is 9.36. The van der Waals surface area contributed by atoms with Crippen LogP contribution in [-0.2, 0) is 6.42 Å². The largest absolute Gasteiger partial charge is 0.494 e. The summed E-state index contributed by atoms with van der Waals surface area (Å²) >= 11 is 0. The Hall–Kier alpha value is -3.57. The van der Waals surface area contributed by atoms with Crippen molar-refractivity contribution >= 4 is 11.9 Å². The summed E-state index contributed by atoms with van der Waals surface area (Å²) in [6.07, 6.45) is 7.61. The van der Waals surface area contributed by atoms with E-state index in [2.05, 4.69) is 29.2 Å². The predicted octanol–water partition coefficient (Wildman–Crippen LogP) is 6.18. The molecule has 0 amide bonds. The number of hydrogen-bond acceptors (Lipinski definition) is 5. The smallest absolute Gasteiger partial charge is 0.231 e. The van der Waals surface area contributed by atoms with E-state index in [1.807, 2.05) is 42.5 Å². The fraction of sp³-hybridized carbons (Fsp3) is 0.323. The van der Waals surface area contributed by atoms with Crippen LogP contribution in [0.15, 0.2) is 78.6 Å². The highest BCUT2D eigenvalue weighted by molar-refractivity contribution is 6.14. The molecule has 0 unspecified atom stereocenters. The number of Topliss-reactive ketones (excluding diaryl/α,β-unsaturated/α-hetero) is 1. The number of ketones is 1. The summed E-state index contributed by atoms with van der Waals surface area (Å²) in [5, 5.41) is 0. The van der Waals surface area contributed by atoms with Gasteiger partial charge in [0.05, 0.1) is 12.2 Å². The number of nitrogens with zero attached hydrogens (tertiary/aromatic N) is 1. The van der Waals surface area contributed by atoms with Gasteiger partial charge in [0.25, 0.3) is 0 Å². The van der Waals surface area contributed by atoms with Crippen molar-refractivity contribution in [1.29, 1.82) is 0 Å². The number of allylic oxidation sites excluding steroid dienone is 1. The molecule has 0 N–H and O–H groups in total. The molecule has 1 saturated heterocycles. The Balaban J connectivity index is 1.11. The summed E-state index contributed by atoms with van der Waals surface area (Å²) in [7, 11) is 0. The van der Waals surface area contributed by atoms with E-state index in [9.17, 15) is 4.79 Å². The van der Waals surface area contributed by atoms with E-state index in [0.717, 1.165) is 49.5 Å². The van der Waals surface area contributed by atoms with Crippen LogP contribution < -0.4 is 14.2 Å². The second kappa shape index (κ2) is 11.9. The van der Waals surface area contributed by atoms with Gasteiger partial charge in [0, 0.05) is 12.6 Å². The summed E-state index contributed by atoms with van der Waals surface area (Å²) in [5.41, 5.74) is 2.78. The van der Waals surface area contributed by atoms with Crippen molar-refractivity contribution in [2.75, 3.05) is 32.8 Å². The van der Waals surface area contributed by atoms with E-state index in [1.54, 1.807) is 12.1 Å². The molecule has 0 bridgehead atoms. The number of benzene rings is 3. The Morgan fingerprint density at radius 2 is 1.58 bits per heavy atom. The lowest BCUT2D eigenvalue weighted by Crippen LogP contribution is -2.33. The van der Waals surface area contributed by atoms with Gasteiger partial charge < -0.3 is 14.2 Å². The maximum atomic E-state index is 12.8. The van der Waals surface area contributed by atoms with Crippen LogP contribution in [0, 0.1) is 0 Å². The third-order valence-corrected chi connectivity index (χ3v) is 6.67. The van der Waals surface area contributed by atoms with Crippen LogP contribution >= 0.6 is 0 Å². The quantitative estimate of drug-likeness (QED) is 0.255. The second-order valence-electron chi connectivity index (χ2n) is 9.36. The maximum absolute atomic E-state index is 12.8. The topological polar surface area (TPSA) is 48.0 Å². The zero-order chi connectivity index (χ0) is 24.6. The summed E-state index contributed by atoms with van der Waals surface area (Å²) in [6.45, 7) is 4.53. The van der Waals surface area contributed by atoms with E-state index < -0.39 is 0 Å². The minimum Gasteiger partial charge on any atom is -0.494 e. The Morgan fingerprint density at radius 3 is 2.39 bits per heavy atom. The fourth-order valence-electron chi connectivity index (χ4n) is 4.66. The summed E-state index contributed by atoms with van der Waals surface area (Å²) < 4.78 is 17.7. The molecule has 5 rings (SSSR count). The Bertz CT molecular complexity index is 1180. The van der Waals surface area contributed by atoms with Crippen molar-refractivity contribution in [3.05, 3.63) is 95.2 Å². The van der Waals surface area contributed by atoms with Crippen molar-refractivity contribution in [2.45, 2.75) is 32.1 Å². The van der Waals surface area contributed by atoms with Gasteiger partial charge in [-0.05, 0) is 80.2 Å². The van der Waals surface area contributed by atoms with Gasteiger partial charge in [0.1, 0.15) is 23.9 Å². The maximum Gasteiger partial charge on any atom is 0.231 e. The molecule has 186 valence electrons. The van der Waals surface area contributed by atoms with Crippen LogP contribution in [0.4, 0.5) is 0 Å². The molecule has 2 aliphatic heterocycles. The van der Waals surface area contributed by atoms with Gasteiger partial charge in [-0.25, -0.2) is 0 Å². The number of ether oxygens (including phenoxy) is 3. The number of hydrogen-bond donors (Lipinski definition) is 0. The third kappa shape index (κ3) is 6.35. The first kappa shape index (κ1) is 24.1. The van der Waals surface area contributed by atoms with Gasteiger partial charge in [-0.1, -0.05) is 48.9 Å². The van der Waals surface area contributed by atoms with Crippen molar-refractivity contribution in [3.8, 4) is 17.2 Å². The van der Waals surface area contributed by atoms with Crippen LogP contribution in [0.5, 0.6) is 17.2 Å². The SMILES string of the molecule is O=C1/C(=C/c2ccc(OCCCc3ccccc3)cc2)Oc2cc(OCCN3CCCCC3)ccc21. The summed E-state index contributed by atoms with van der Waals surface area (Å²) in [5.74, 6) is 2.32. The molecule has 5 heteroatoms. The molecule has 2 heterocycles. The first-order chi connectivity index (χ1) is 17.7. The number of fused-ring (bicyclic) bond motifs is 1. The van der Waals surface area contributed by atoms with Gasteiger partial charge in [0.2, 0.25) is 5.78 Å². The van der Waals surface area contributed by atoms with Crippen LogP contribution in [0.25, 0.3) is 6.08 Å². The lowest BCUT2D eigenvalue weighted by atomic mass is 10.1. The van der Waals surface area contributed by atoms with Gasteiger partial charge >= 0.3 is 0 Å². The molecule has 0 spiro atoms. The number of carbonyl (C=O) groups is 1. The normalized spacial score (nSPS) is 16.6. The monoisotopic (exact) mass is 483 g/mol. The number of rotatable bonds is 10. The molecule has 0 atom stereocenters. The van der Waals surface area contributed by atoms with E-state index in [-0.39, 0.29) is 5.78 Å². The summed E-state index contributed by atoms with van der Waals surface area (Å²) in [6, 6.07) is 23.6. The average molecular weight is 484 g/mol. The standard InChI is InChI=1S/C31H33NO4/c33-31-28-16-15-27(35-21-19-32-17-5-2-6-18-32)23-29(28)36-30(31)22-25-11-13-26(14-12-25)34-20-7-10-24-8-3-1-4-9-24/h1,3-4,8-9,11-16,22-23H,2,5-7,10,17-21H2/b30-22-. The molecule has 2 aliphatic rings. The molecule has 0 aromatic heterocycles. The van der Waals surface area contributed by atoms with E-state index >= 15 is 0 Å². The zero-order valence-corrected chi connectivity index (χ0v) is 20.7. The van der Waals surface area contributed by atoms with Crippen molar-refractivity contribution in [2.24, 2.45) is 0 Å². The van der Waals surface area contributed by atoms with Gasteiger partial charge in [-0.3, -0.25) is 9.69 Å². The fourth-order valence-corrected chi connectivity index (χ4v) is 4.66. The van der Waals surface area contributed by atoms with Crippen molar-refractivity contribution in [3.63, 3.8) is 0 Å². The van der Waals surface area contributed by atoms with E-state index in [4.69, 9.17) is 14.2 Å². The van der Waals surface area contributed by atoms with Crippen LogP contribution in [0.1, 0.15) is 47.2 Å². The van der Waals surface area contributed by atoms with Crippen LogP contribution in [0.3, 0.4) is 0 Å². The molecular weight excluding hydrogens is 450 g/mol. The molecule has 3 aromatic rings. The highest BCUT2D eigenvalue weighted by Gasteiger charge is 2.27. The lowest BCUT2D eigenvalue weighted by molar-refractivity contribution is 0.101. The Kier molecular flexibility index (Phi) is 7.99. The Morgan fingerprint density at radius 1 is 0.833 bits per heavy atom. The molecule has 0 radical (unpaired) electrons. The third-order valence-electron chi connectivity index (χ3n) is 6.67. The summed E-state index contributed by atoms with van der Waals surface area (Å²) in [4.78, 5) is 15.3. The molecular formula is C31H33NO4. The van der Waals surface area contributed by atoms with Crippen LogP contribution in [0.2, 0.25) is 0 Å². The zero-order valence-electron chi connectivity index (χ0n) is 20.7. The van der Waals surface area contributed by atoms with Gasteiger partial charge in [0.15, 0.2) is 5.76 Å². The molecule has 1 fully saturated rings. The number of aryl methyl sites for hydroxylation is 1. The highest BCUT2D eigenvalue weighted by atomic mass is 16.5.